The molecule has 1 saturated heterocycles. The van der Waals surface area contributed by atoms with Gasteiger partial charge in [-0.15, -0.1) is 0 Å². The Hall–Kier alpha value is -1.61. The van der Waals surface area contributed by atoms with Crippen LogP contribution in [-0.2, 0) is 10.0 Å². The van der Waals surface area contributed by atoms with E-state index in [0.29, 0.717) is 37.0 Å². The van der Waals surface area contributed by atoms with Gasteiger partial charge < -0.3 is 9.80 Å². The molecule has 0 atom stereocenters. The number of hydrogen-bond acceptors (Lipinski definition) is 6. The molecule has 1 aliphatic heterocycles. The molecular weight excluding hydrogens is 409 g/mol. The molecule has 2 heterocycles. The van der Waals surface area contributed by atoms with Gasteiger partial charge in [-0.05, 0) is 25.1 Å². The molecule has 1 fully saturated rings. The standard InChI is InChI=1S/C17H21Cl2N5O2S/c1-12-20-16(22(2)3)11-17(21-12)23-6-8-24(9-7-23)27(25,26)15-10-13(18)4-5-14(15)19/h4-5,10-11H,6-9H2,1-3H3. The minimum Gasteiger partial charge on any atom is -0.363 e. The van der Waals surface area contributed by atoms with E-state index in [0.717, 1.165) is 11.6 Å². The van der Waals surface area contributed by atoms with E-state index < -0.39 is 10.0 Å². The fraction of sp³-hybridized carbons (Fsp3) is 0.412. The van der Waals surface area contributed by atoms with Crippen LogP contribution < -0.4 is 9.80 Å². The Bertz CT molecular complexity index is 944. The van der Waals surface area contributed by atoms with Gasteiger partial charge in [-0.1, -0.05) is 23.2 Å². The maximum atomic E-state index is 12.9. The molecule has 2 aromatic rings. The van der Waals surface area contributed by atoms with Crippen LogP contribution in [0.5, 0.6) is 0 Å². The lowest BCUT2D eigenvalue weighted by molar-refractivity contribution is 0.383. The molecule has 1 aromatic heterocycles. The number of aryl methyl sites for hydroxylation is 1. The minimum absolute atomic E-state index is 0.0397. The monoisotopic (exact) mass is 429 g/mol. The molecule has 0 unspecified atom stereocenters. The van der Waals surface area contributed by atoms with Gasteiger partial charge in [-0.3, -0.25) is 0 Å². The predicted octanol–water partition coefficient (Wildman–Crippen LogP) is 2.67. The first kappa shape index (κ1) is 20.1. The number of benzene rings is 1. The highest BCUT2D eigenvalue weighted by Crippen LogP contribution is 2.29. The Morgan fingerprint density at radius 3 is 2.33 bits per heavy atom. The molecule has 0 spiro atoms. The molecule has 27 heavy (non-hydrogen) atoms. The molecule has 146 valence electrons. The molecule has 10 heteroatoms. The van der Waals surface area contributed by atoms with E-state index in [1.165, 1.54) is 16.4 Å². The second kappa shape index (κ2) is 7.79. The number of anilines is 2. The Morgan fingerprint density at radius 1 is 1.04 bits per heavy atom. The first-order chi connectivity index (χ1) is 12.7. The van der Waals surface area contributed by atoms with Gasteiger partial charge in [-0.2, -0.15) is 4.31 Å². The summed E-state index contributed by atoms with van der Waals surface area (Å²) < 4.78 is 27.3. The number of sulfonamides is 1. The fourth-order valence-corrected chi connectivity index (χ4v) is 5.06. The summed E-state index contributed by atoms with van der Waals surface area (Å²) in [7, 11) is 0.142. The maximum Gasteiger partial charge on any atom is 0.244 e. The molecule has 0 radical (unpaired) electrons. The van der Waals surface area contributed by atoms with Crippen molar-refractivity contribution < 1.29 is 8.42 Å². The third kappa shape index (κ3) is 4.29. The van der Waals surface area contributed by atoms with Crippen molar-refractivity contribution in [1.29, 1.82) is 0 Å². The summed E-state index contributed by atoms with van der Waals surface area (Å²) in [6.07, 6.45) is 0. The van der Waals surface area contributed by atoms with Crippen LogP contribution in [0, 0.1) is 6.92 Å². The Morgan fingerprint density at radius 2 is 1.70 bits per heavy atom. The highest BCUT2D eigenvalue weighted by atomic mass is 35.5. The largest absolute Gasteiger partial charge is 0.363 e. The Balaban J connectivity index is 1.78. The minimum atomic E-state index is -3.70. The highest BCUT2D eigenvalue weighted by Gasteiger charge is 2.31. The van der Waals surface area contributed by atoms with Crippen LogP contribution in [0.2, 0.25) is 10.0 Å². The summed E-state index contributed by atoms with van der Waals surface area (Å²) in [6.45, 7) is 3.58. The number of rotatable bonds is 4. The van der Waals surface area contributed by atoms with Crippen LogP contribution in [0.4, 0.5) is 11.6 Å². The van der Waals surface area contributed by atoms with Gasteiger partial charge in [0.1, 0.15) is 22.4 Å². The predicted molar refractivity (Wildman–Crippen MR) is 109 cm³/mol. The molecule has 7 nitrogen and oxygen atoms in total. The zero-order valence-electron chi connectivity index (χ0n) is 15.4. The van der Waals surface area contributed by atoms with E-state index in [1.807, 2.05) is 32.0 Å². The molecule has 0 aliphatic carbocycles. The third-order valence-corrected chi connectivity index (χ3v) is 6.96. The van der Waals surface area contributed by atoms with Gasteiger partial charge in [-0.25, -0.2) is 18.4 Å². The number of piperazine rings is 1. The van der Waals surface area contributed by atoms with Crippen molar-refractivity contribution in [3.05, 3.63) is 40.1 Å². The van der Waals surface area contributed by atoms with E-state index in [4.69, 9.17) is 23.2 Å². The average Bonchev–Trinajstić information content (AvgIpc) is 2.63. The second-order valence-corrected chi connectivity index (χ2v) is 9.24. The summed E-state index contributed by atoms with van der Waals surface area (Å²) in [5.41, 5.74) is 0. The third-order valence-electron chi connectivity index (χ3n) is 4.34. The van der Waals surface area contributed by atoms with E-state index in [-0.39, 0.29) is 9.92 Å². The molecule has 1 aromatic carbocycles. The summed E-state index contributed by atoms with van der Waals surface area (Å²) in [6, 6.07) is 6.37. The first-order valence-corrected chi connectivity index (χ1v) is 10.6. The normalized spacial score (nSPS) is 15.8. The lowest BCUT2D eigenvalue weighted by atomic mass is 10.3. The van der Waals surface area contributed by atoms with Crippen LogP contribution in [0.3, 0.4) is 0 Å². The lowest BCUT2D eigenvalue weighted by Gasteiger charge is -2.35. The number of halogens is 2. The molecule has 1 aliphatic rings. The van der Waals surface area contributed by atoms with Gasteiger partial charge in [0.25, 0.3) is 0 Å². The van der Waals surface area contributed by atoms with Crippen LogP contribution in [0.1, 0.15) is 5.82 Å². The zero-order valence-corrected chi connectivity index (χ0v) is 17.7. The number of aromatic nitrogens is 2. The van der Waals surface area contributed by atoms with Crippen molar-refractivity contribution >= 4 is 44.9 Å². The summed E-state index contributed by atoms with van der Waals surface area (Å²) in [4.78, 5) is 12.9. The summed E-state index contributed by atoms with van der Waals surface area (Å²) >= 11 is 12.0. The Labute approximate surface area is 169 Å². The SMILES string of the molecule is Cc1nc(N(C)C)cc(N2CCN(S(=O)(=O)c3cc(Cl)ccc3Cl)CC2)n1. The maximum absolute atomic E-state index is 12.9. The summed E-state index contributed by atoms with van der Waals surface area (Å²) in [5, 5.41) is 0.508. The van der Waals surface area contributed by atoms with Crippen molar-refractivity contribution in [3.8, 4) is 0 Å². The van der Waals surface area contributed by atoms with E-state index in [1.54, 1.807) is 6.07 Å². The van der Waals surface area contributed by atoms with Crippen LogP contribution >= 0.6 is 23.2 Å². The van der Waals surface area contributed by atoms with E-state index in [2.05, 4.69) is 14.9 Å². The highest BCUT2D eigenvalue weighted by molar-refractivity contribution is 7.89. The van der Waals surface area contributed by atoms with Gasteiger partial charge in [0, 0.05) is 51.4 Å². The number of hydrogen-bond donors (Lipinski definition) is 0. The van der Waals surface area contributed by atoms with Gasteiger partial charge in [0.15, 0.2) is 0 Å². The average molecular weight is 430 g/mol. The zero-order chi connectivity index (χ0) is 19.8. The molecule has 0 N–H and O–H groups in total. The second-order valence-electron chi connectivity index (χ2n) is 6.49. The first-order valence-electron chi connectivity index (χ1n) is 8.41. The fourth-order valence-electron chi connectivity index (χ4n) is 2.90. The topological polar surface area (TPSA) is 69.6 Å². The van der Waals surface area contributed by atoms with Crippen LogP contribution in [-0.4, -0.2) is 63.0 Å². The van der Waals surface area contributed by atoms with Crippen molar-refractivity contribution in [1.82, 2.24) is 14.3 Å². The van der Waals surface area contributed by atoms with Crippen LogP contribution in [0.15, 0.2) is 29.2 Å². The van der Waals surface area contributed by atoms with Crippen molar-refractivity contribution in [2.24, 2.45) is 0 Å². The smallest absolute Gasteiger partial charge is 0.244 e. The van der Waals surface area contributed by atoms with Crippen LogP contribution in [0.25, 0.3) is 0 Å². The van der Waals surface area contributed by atoms with Gasteiger partial charge in [0.05, 0.1) is 5.02 Å². The van der Waals surface area contributed by atoms with E-state index >= 15 is 0 Å². The molecule has 0 bridgehead atoms. The Kier molecular flexibility index (Phi) is 5.81. The van der Waals surface area contributed by atoms with Gasteiger partial charge >= 0.3 is 0 Å². The van der Waals surface area contributed by atoms with Gasteiger partial charge in [0.2, 0.25) is 10.0 Å². The van der Waals surface area contributed by atoms with Crippen molar-refractivity contribution in [3.63, 3.8) is 0 Å². The lowest BCUT2D eigenvalue weighted by Crippen LogP contribution is -2.49. The molecule has 3 rings (SSSR count). The molecular formula is C17H21Cl2N5O2S. The molecule has 0 amide bonds. The quantitative estimate of drug-likeness (QED) is 0.743. The van der Waals surface area contributed by atoms with E-state index in [9.17, 15) is 8.42 Å². The van der Waals surface area contributed by atoms with Crippen molar-refractivity contribution in [2.75, 3.05) is 50.1 Å². The number of nitrogens with zero attached hydrogens (tertiary/aromatic N) is 5. The molecule has 0 saturated carbocycles. The summed E-state index contributed by atoms with van der Waals surface area (Å²) in [5.74, 6) is 2.29. The van der Waals surface area contributed by atoms with Crippen molar-refractivity contribution in [2.45, 2.75) is 11.8 Å².